The van der Waals surface area contributed by atoms with E-state index in [4.69, 9.17) is 5.73 Å². The fourth-order valence-electron chi connectivity index (χ4n) is 4.14. The van der Waals surface area contributed by atoms with Gasteiger partial charge >= 0.3 is 0 Å². The zero-order valence-corrected chi connectivity index (χ0v) is 13.3. The molecule has 1 heterocycles. The predicted octanol–water partition coefficient (Wildman–Crippen LogP) is 2.29. The number of likely N-dealkylation sites (N-methyl/N-ethyl adjacent to an activating group) is 1. The Morgan fingerprint density at radius 2 is 1.67 bits per heavy atom. The van der Waals surface area contributed by atoms with Gasteiger partial charge in [-0.05, 0) is 44.2 Å². The smallest absolute Gasteiger partial charge is 0.0333 e. The molecule has 0 unspecified atom stereocenters. The summed E-state index contributed by atoms with van der Waals surface area (Å²) in [5.41, 5.74) is 8.02. The number of hydrogen-bond donors (Lipinski definition) is 1. The summed E-state index contributed by atoms with van der Waals surface area (Å²) in [6, 6.07) is 11.0. The average molecular weight is 287 g/mol. The van der Waals surface area contributed by atoms with Crippen LogP contribution in [0.15, 0.2) is 30.3 Å². The van der Waals surface area contributed by atoms with Crippen LogP contribution in [0.5, 0.6) is 0 Å². The third-order valence-electron chi connectivity index (χ3n) is 5.74. The van der Waals surface area contributed by atoms with E-state index in [9.17, 15) is 0 Å². The Hall–Kier alpha value is -0.900. The van der Waals surface area contributed by atoms with Gasteiger partial charge in [-0.1, -0.05) is 30.3 Å². The Morgan fingerprint density at radius 1 is 1.05 bits per heavy atom. The minimum absolute atomic E-state index is 0.270. The maximum atomic E-state index is 6.23. The molecule has 0 radical (unpaired) electrons. The first kappa shape index (κ1) is 15.0. The van der Waals surface area contributed by atoms with Crippen LogP contribution < -0.4 is 5.73 Å². The summed E-state index contributed by atoms with van der Waals surface area (Å²) < 4.78 is 0. The van der Waals surface area contributed by atoms with Crippen LogP contribution in [-0.4, -0.2) is 55.1 Å². The van der Waals surface area contributed by atoms with Crippen molar-refractivity contribution in [1.29, 1.82) is 0 Å². The molecule has 3 nitrogen and oxygen atoms in total. The molecule has 116 valence electrons. The zero-order valence-electron chi connectivity index (χ0n) is 13.3. The van der Waals surface area contributed by atoms with Gasteiger partial charge in [0.1, 0.15) is 0 Å². The summed E-state index contributed by atoms with van der Waals surface area (Å²) >= 11 is 0. The molecule has 2 N–H and O–H groups in total. The lowest BCUT2D eigenvalue weighted by atomic mass is 9.73. The SMILES string of the molecule is CN1CCN(C2(CN)CCC(c3ccccc3)CC2)CC1. The fourth-order valence-corrected chi connectivity index (χ4v) is 4.14. The van der Waals surface area contributed by atoms with E-state index in [0.29, 0.717) is 0 Å². The Balaban J connectivity index is 1.64. The Morgan fingerprint density at radius 3 is 2.24 bits per heavy atom. The van der Waals surface area contributed by atoms with Crippen molar-refractivity contribution in [3.63, 3.8) is 0 Å². The highest BCUT2D eigenvalue weighted by atomic mass is 15.3. The summed E-state index contributed by atoms with van der Waals surface area (Å²) in [7, 11) is 2.22. The molecule has 21 heavy (non-hydrogen) atoms. The third kappa shape index (κ3) is 3.15. The van der Waals surface area contributed by atoms with E-state index < -0.39 is 0 Å². The maximum Gasteiger partial charge on any atom is 0.0333 e. The standard InChI is InChI=1S/C18H29N3/c1-20-11-13-21(14-12-20)18(15-19)9-7-17(8-10-18)16-5-3-2-4-6-16/h2-6,17H,7-15,19H2,1H3. The van der Waals surface area contributed by atoms with Gasteiger partial charge in [0.05, 0.1) is 0 Å². The summed E-state index contributed by atoms with van der Waals surface area (Å²) in [6.07, 6.45) is 5.08. The Labute approximate surface area is 129 Å². The van der Waals surface area contributed by atoms with Gasteiger partial charge in [0, 0.05) is 38.3 Å². The van der Waals surface area contributed by atoms with Crippen molar-refractivity contribution in [2.75, 3.05) is 39.8 Å². The number of nitrogens with two attached hydrogens (primary N) is 1. The van der Waals surface area contributed by atoms with Gasteiger partial charge < -0.3 is 10.6 Å². The van der Waals surface area contributed by atoms with Crippen LogP contribution in [-0.2, 0) is 0 Å². The molecule has 1 saturated heterocycles. The van der Waals surface area contributed by atoms with Crippen LogP contribution in [0.25, 0.3) is 0 Å². The average Bonchev–Trinajstić information content (AvgIpc) is 2.56. The minimum atomic E-state index is 0.270. The quantitative estimate of drug-likeness (QED) is 0.926. The van der Waals surface area contributed by atoms with Crippen molar-refractivity contribution in [1.82, 2.24) is 9.80 Å². The van der Waals surface area contributed by atoms with Crippen molar-refractivity contribution in [2.45, 2.75) is 37.1 Å². The van der Waals surface area contributed by atoms with Gasteiger partial charge in [-0.2, -0.15) is 0 Å². The second kappa shape index (κ2) is 6.47. The molecule has 1 saturated carbocycles. The Kier molecular flexibility index (Phi) is 4.63. The lowest BCUT2D eigenvalue weighted by Gasteiger charge is -2.50. The van der Waals surface area contributed by atoms with Crippen LogP contribution in [0.1, 0.15) is 37.2 Å². The molecule has 3 heteroatoms. The van der Waals surface area contributed by atoms with E-state index in [1.807, 2.05) is 0 Å². The molecule has 0 atom stereocenters. The van der Waals surface area contributed by atoms with E-state index >= 15 is 0 Å². The van der Waals surface area contributed by atoms with Gasteiger partial charge in [-0.25, -0.2) is 0 Å². The second-order valence-electron chi connectivity index (χ2n) is 6.90. The third-order valence-corrected chi connectivity index (χ3v) is 5.74. The molecule has 1 aromatic rings. The van der Waals surface area contributed by atoms with Gasteiger partial charge in [0.25, 0.3) is 0 Å². The minimum Gasteiger partial charge on any atom is -0.329 e. The highest BCUT2D eigenvalue weighted by molar-refractivity contribution is 5.20. The normalized spacial score (nSPS) is 32.2. The van der Waals surface area contributed by atoms with E-state index in [2.05, 4.69) is 47.2 Å². The summed E-state index contributed by atoms with van der Waals surface area (Å²) in [4.78, 5) is 5.12. The largest absolute Gasteiger partial charge is 0.329 e. The molecule has 1 aliphatic carbocycles. The molecule has 2 fully saturated rings. The molecule has 0 spiro atoms. The van der Waals surface area contributed by atoms with Crippen LogP contribution in [0.2, 0.25) is 0 Å². The Bertz CT molecular complexity index is 429. The van der Waals surface area contributed by atoms with E-state index in [1.54, 1.807) is 0 Å². The van der Waals surface area contributed by atoms with Gasteiger partial charge in [-0.15, -0.1) is 0 Å². The van der Waals surface area contributed by atoms with Crippen LogP contribution in [0.3, 0.4) is 0 Å². The van der Waals surface area contributed by atoms with Gasteiger partial charge in [-0.3, -0.25) is 4.90 Å². The predicted molar refractivity (Wildman–Crippen MR) is 88.5 cm³/mol. The number of hydrogen-bond acceptors (Lipinski definition) is 3. The number of nitrogens with zero attached hydrogens (tertiary/aromatic N) is 2. The van der Waals surface area contributed by atoms with Crippen molar-refractivity contribution in [3.8, 4) is 0 Å². The van der Waals surface area contributed by atoms with Crippen molar-refractivity contribution in [2.24, 2.45) is 5.73 Å². The second-order valence-corrected chi connectivity index (χ2v) is 6.90. The lowest BCUT2D eigenvalue weighted by molar-refractivity contribution is 0.0157. The fraction of sp³-hybridized carbons (Fsp3) is 0.667. The van der Waals surface area contributed by atoms with Crippen LogP contribution >= 0.6 is 0 Å². The number of piperazine rings is 1. The highest BCUT2D eigenvalue weighted by Gasteiger charge is 2.40. The number of benzene rings is 1. The van der Waals surface area contributed by atoms with Gasteiger partial charge in [0.15, 0.2) is 0 Å². The van der Waals surface area contributed by atoms with Crippen molar-refractivity contribution in [3.05, 3.63) is 35.9 Å². The topological polar surface area (TPSA) is 32.5 Å². The monoisotopic (exact) mass is 287 g/mol. The zero-order chi connectivity index (χ0) is 14.7. The molecular weight excluding hydrogens is 258 g/mol. The van der Waals surface area contributed by atoms with Crippen LogP contribution in [0.4, 0.5) is 0 Å². The van der Waals surface area contributed by atoms with E-state index in [-0.39, 0.29) is 5.54 Å². The highest BCUT2D eigenvalue weighted by Crippen LogP contribution is 2.40. The maximum absolute atomic E-state index is 6.23. The van der Waals surface area contributed by atoms with Crippen LogP contribution in [0, 0.1) is 0 Å². The first-order valence-corrected chi connectivity index (χ1v) is 8.42. The lowest BCUT2D eigenvalue weighted by Crippen LogP contribution is -2.60. The molecule has 0 aromatic heterocycles. The van der Waals surface area contributed by atoms with E-state index in [0.717, 1.165) is 12.5 Å². The molecule has 1 aliphatic heterocycles. The molecule has 3 rings (SSSR count). The van der Waals surface area contributed by atoms with Crippen molar-refractivity contribution >= 4 is 0 Å². The first-order chi connectivity index (χ1) is 10.2. The molecule has 1 aromatic carbocycles. The molecule has 0 bridgehead atoms. The molecule has 2 aliphatic rings. The summed E-state index contributed by atoms with van der Waals surface area (Å²) in [5.74, 6) is 0.735. The van der Waals surface area contributed by atoms with Crippen molar-refractivity contribution < 1.29 is 0 Å². The first-order valence-electron chi connectivity index (χ1n) is 8.42. The molecule has 0 amide bonds. The molecular formula is C18H29N3. The van der Waals surface area contributed by atoms with Gasteiger partial charge in [0.2, 0.25) is 0 Å². The summed E-state index contributed by atoms with van der Waals surface area (Å²) in [5, 5.41) is 0. The summed E-state index contributed by atoms with van der Waals surface area (Å²) in [6.45, 7) is 5.55. The number of rotatable bonds is 3. The van der Waals surface area contributed by atoms with E-state index in [1.165, 1.54) is 57.4 Å².